The minimum Gasteiger partial charge on any atom is -0.486 e. The smallest absolute Gasteiger partial charge is 0.293 e. The summed E-state index contributed by atoms with van der Waals surface area (Å²) in [5.41, 5.74) is 1.94. The van der Waals surface area contributed by atoms with Crippen LogP contribution in [0.15, 0.2) is 65.3 Å². The zero-order chi connectivity index (χ0) is 23.2. The molecule has 1 amide bonds. The first-order valence-electron chi connectivity index (χ1n) is 10.5. The number of aromatic nitrogens is 3. The number of nitrogens with one attached hydrogen (secondary N) is 1. The molecule has 33 heavy (non-hydrogen) atoms. The maximum Gasteiger partial charge on any atom is 0.293 e. The van der Waals surface area contributed by atoms with Gasteiger partial charge in [-0.05, 0) is 53.9 Å². The van der Waals surface area contributed by atoms with Gasteiger partial charge in [0.2, 0.25) is 5.95 Å². The Kier molecular flexibility index (Phi) is 7.04. The lowest BCUT2D eigenvalue weighted by Crippen LogP contribution is -2.12. The molecule has 0 fully saturated rings. The highest BCUT2D eigenvalue weighted by molar-refractivity contribution is 6.31. The van der Waals surface area contributed by atoms with Crippen molar-refractivity contribution in [3.8, 4) is 5.75 Å². The summed E-state index contributed by atoms with van der Waals surface area (Å²) in [5, 5.41) is 7.07. The predicted octanol–water partition coefficient (Wildman–Crippen LogP) is 5.50. The lowest BCUT2D eigenvalue weighted by molar-refractivity contribution is 0.0991. The van der Waals surface area contributed by atoms with Crippen LogP contribution in [0.2, 0.25) is 5.02 Å². The zero-order valence-electron chi connectivity index (χ0n) is 17.9. The van der Waals surface area contributed by atoms with Crippen molar-refractivity contribution in [3.05, 3.63) is 94.4 Å². The van der Waals surface area contributed by atoms with E-state index in [9.17, 15) is 9.18 Å². The fourth-order valence-electron chi connectivity index (χ4n) is 3.19. The van der Waals surface area contributed by atoms with Gasteiger partial charge in [0, 0.05) is 5.02 Å². The normalized spacial score (nSPS) is 10.9. The Morgan fingerprint density at radius 3 is 2.76 bits per heavy atom. The second-order valence-electron chi connectivity index (χ2n) is 7.40. The van der Waals surface area contributed by atoms with Gasteiger partial charge in [0.05, 0.1) is 6.54 Å². The highest BCUT2D eigenvalue weighted by Gasteiger charge is 2.14. The first kappa shape index (κ1) is 22.5. The molecule has 2 heterocycles. The molecule has 0 unspecified atom stereocenters. The predicted molar refractivity (Wildman–Crippen MR) is 122 cm³/mol. The summed E-state index contributed by atoms with van der Waals surface area (Å²) in [5.74, 6) is 0.575. The van der Waals surface area contributed by atoms with Crippen molar-refractivity contribution in [2.24, 2.45) is 0 Å². The van der Waals surface area contributed by atoms with Gasteiger partial charge in [-0.2, -0.15) is 0 Å². The molecule has 0 atom stereocenters. The van der Waals surface area contributed by atoms with Gasteiger partial charge < -0.3 is 9.15 Å². The van der Waals surface area contributed by atoms with Gasteiger partial charge in [0.1, 0.15) is 30.3 Å². The van der Waals surface area contributed by atoms with Gasteiger partial charge in [0.15, 0.2) is 5.76 Å². The summed E-state index contributed by atoms with van der Waals surface area (Å²) >= 11 is 6.04. The SMILES string of the molecule is CCCc1ccc(OCc2ccc(C(=O)Nc3ncn(Cc4ccc(F)cc4Cl)n3)o2)cc1. The molecule has 0 saturated heterocycles. The molecule has 0 radical (unpaired) electrons. The molecule has 0 saturated carbocycles. The number of anilines is 1. The van der Waals surface area contributed by atoms with Crippen molar-refractivity contribution in [1.82, 2.24) is 14.8 Å². The number of halogens is 2. The molecule has 9 heteroatoms. The topological polar surface area (TPSA) is 82.2 Å². The number of nitrogens with zero attached hydrogens (tertiary/aromatic N) is 3. The van der Waals surface area contributed by atoms with E-state index < -0.39 is 11.7 Å². The van der Waals surface area contributed by atoms with E-state index in [1.165, 1.54) is 28.7 Å². The molecule has 2 aromatic carbocycles. The number of carbonyl (C=O) groups is 1. The molecule has 7 nitrogen and oxygen atoms in total. The number of amides is 1. The zero-order valence-corrected chi connectivity index (χ0v) is 18.7. The van der Waals surface area contributed by atoms with Gasteiger partial charge in [-0.3, -0.25) is 10.1 Å². The van der Waals surface area contributed by atoms with Crippen molar-refractivity contribution in [3.63, 3.8) is 0 Å². The number of carbonyl (C=O) groups excluding carboxylic acids is 1. The molecule has 0 bridgehead atoms. The Morgan fingerprint density at radius 1 is 1.18 bits per heavy atom. The average Bonchev–Trinajstić information content (AvgIpc) is 3.45. The van der Waals surface area contributed by atoms with Crippen molar-refractivity contribution >= 4 is 23.5 Å². The summed E-state index contributed by atoms with van der Waals surface area (Å²) < 4.78 is 26.0. The standard InChI is InChI=1S/C24H22ClFN4O3/c1-2-3-16-4-8-19(9-5-16)32-14-20-10-11-22(33-20)23(31)28-24-27-15-30(29-24)13-17-6-7-18(26)12-21(17)25/h4-12,15H,2-3,13-14H2,1H3,(H,28,29,31). The van der Waals surface area contributed by atoms with Gasteiger partial charge >= 0.3 is 0 Å². The number of hydrogen-bond acceptors (Lipinski definition) is 5. The molecule has 0 aliphatic carbocycles. The molecule has 1 N–H and O–H groups in total. The summed E-state index contributed by atoms with van der Waals surface area (Å²) in [7, 11) is 0. The van der Waals surface area contributed by atoms with Gasteiger partial charge in [-0.15, -0.1) is 5.10 Å². The van der Waals surface area contributed by atoms with Crippen LogP contribution >= 0.6 is 11.6 Å². The second-order valence-corrected chi connectivity index (χ2v) is 7.81. The number of furan rings is 1. The molecule has 0 aliphatic rings. The molecular formula is C24H22ClFN4O3. The maximum absolute atomic E-state index is 13.2. The maximum atomic E-state index is 13.2. The van der Waals surface area contributed by atoms with E-state index in [4.69, 9.17) is 20.8 Å². The molecule has 0 spiro atoms. The quantitative estimate of drug-likeness (QED) is 0.351. The second kappa shape index (κ2) is 10.3. The van der Waals surface area contributed by atoms with E-state index in [-0.39, 0.29) is 24.9 Å². The first-order valence-corrected chi connectivity index (χ1v) is 10.8. The Morgan fingerprint density at radius 2 is 2.00 bits per heavy atom. The molecule has 0 aliphatic heterocycles. The van der Waals surface area contributed by atoms with Crippen LogP contribution in [0.25, 0.3) is 0 Å². The van der Waals surface area contributed by atoms with E-state index in [1.807, 2.05) is 24.3 Å². The monoisotopic (exact) mass is 468 g/mol. The van der Waals surface area contributed by atoms with Gasteiger partial charge in [-0.1, -0.05) is 43.1 Å². The Labute approximate surface area is 195 Å². The van der Waals surface area contributed by atoms with Crippen LogP contribution < -0.4 is 10.1 Å². The minimum absolute atomic E-state index is 0.111. The average molecular weight is 469 g/mol. The summed E-state index contributed by atoms with van der Waals surface area (Å²) in [6, 6.07) is 15.3. The van der Waals surface area contributed by atoms with E-state index in [2.05, 4.69) is 22.3 Å². The molecule has 4 aromatic rings. The molecular weight excluding hydrogens is 447 g/mol. The van der Waals surface area contributed by atoms with Crippen molar-refractivity contribution < 1.29 is 18.3 Å². The van der Waals surface area contributed by atoms with Crippen molar-refractivity contribution in [2.75, 3.05) is 5.32 Å². The lowest BCUT2D eigenvalue weighted by Gasteiger charge is -2.05. The lowest BCUT2D eigenvalue weighted by atomic mass is 10.1. The molecule has 2 aromatic heterocycles. The number of rotatable bonds is 9. The Bertz CT molecular complexity index is 1240. The number of hydrogen-bond donors (Lipinski definition) is 1. The number of aryl methyl sites for hydroxylation is 1. The first-order chi connectivity index (χ1) is 16.0. The summed E-state index contributed by atoms with van der Waals surface area (Å²) in [6.45, 7) is 2.62. The van der Waals surface area contributed by atoms with E-state index in [1.54, 1.807) is 18.2 Å². The van der Waals surface area contributed by atoms with Crippen LogP contribution in [-0.2, 0) is 19.6 Å². The van der Waals surface area contributed by atoms with Gasteiger partial charge in [-0.25, -0.2) is 14.1 Å². The van der Waals surface area contributed by atoms with E-state index >= 15 is 0 Å². The van der Waals surface area contributed by atoms with Crippen molar-refractivity contribution in [2.45, 2.75) is 32.9 Å². The summed E-state index contributed by atoms with van der Waals surface area (Å²) in [6.07, 6.45) is 3.57. The highest BCUT2D eigenvalue weighted by Crippen LogP contribution is 2.19. The van der Waals surface area contributed by atoms with E-state index in [0.29, 0.717) is 16.3 Å². The van der Waals surface area contributed by atoms with Crippen LogP contribution in [0.4, 0.5) is 10.3 Å². The third-order valence-electron chi connectivity index (χ3n) is 4.84. The van der Waals surface area contributed by atoms with E-state index in [0.717, 1.165) is 18.6 Å². The fourth-order valence-corrected chi connectivity index (χ4v) is 3.42. The Balaban J connectivity index is 1.31. The van der Waals surface area contributed by atoms with Crippen LogP contribution in [-0.4, -0.2) is 20.7 Å². The summed E-state index contributed by atoms with van der Waals surface area (Å²) in [4.78, 5) is 16.5. The van der Waals surface area contributed by atoms with Crippen LogP contribution in [0, 0.1) is 5.82 Å². The Hall–Kier alpha value is -3.65. The third kappa shape index (κ3) is 5.98. The largest absolute Gasteiger partial charge is 0.486 e. The van der Waals surface area contributed by atoms with Crippen LogP contribution in [0.1, 0.15) is 40.8 Å². The van der Waals surface area contributed by atoms with Crippen LogP contribution in [0.3, 0.4) is 0 Å². The van der Waals surface area contributed by atoms with Crippen LogP contribution in [0.5, 0.6) is 5.75 Å². The van der Waals surface area contributed by atoms with Gasteiger partial charge in [0.25, 0.3) is 5.91 Å². The van der Waals surface area contributed by atoms with Crippen molar-refractivity contribution in [1.29, 1.82) is 0 Å². The molecule has 170 valence electrons. The molecule has 4 rings (SSSR count). The minimum atomic E-state index is -0.484. The highest BCUT2D eigenvalue weighted by atomic mass is 35.5. The number of ether oxygens (including phenoxy) is 1. The number of benzene rings is 2. The fraction of sp³-hybridized carbons (Fsp3) is 0.208. The third-order valence-corrected chi connectivity index (χ3v) is 5.19.